The molecule has 0 bridgehead atoms. The van der Waals surface area contributed by atoms with E-state index in [2.05, 4.69) is 12.2 Å². The molecule has 0 radical (unpaired) electrons. The molecule has 1 aromatic carbocycles. The molecule has 0 spiro atoms. The maximum absolute atomic E-state index is 12.3. The minimum Gasteiger partial charge on any atom is -0.350 e. The van der Waals surface area contributed by atoms with Gasteiger partial charge in [0.05, 0.1) is 11.9 Å². The van der Waals surface area contributed by atoms with E-state index in [-0.39, 0.29) is 11.9 Å². The first-order valence-electron chi connectivity index (χ1n) is 7.74. The second kappa shape index (κ2) is 6.69. The molecule has 0 fully saturated rings. The lowest BCUT2D eigenvalue weighted by Crippen LogP contribution is -2.35. The second-order valence-corrected chi connectivity index (χ2v) is 7.85. The quantitative estimate of drug-likeness (QED) is 0.904. The number of carbonyl (C=O) groups excluding carboxylic acids is 1. The zero-order chi connectivity index (χ0) is 16.3. The third-order valence-electron chi connectivity index (χ3n) is 3.92. The van der Waals surface area contributed by atoms with Gasteiger partial charge in [-0.05, 0) is 49.9 Å². The maximum atomic E-state index is 12.3. The number of benzene rings is 1. The summed E-state index contributed by atoms with van der Waals surface area (Å²) in [6.07, 6.45) is 4.76. The number of fused-ring (bicyclic) bond motifs is 1. The molecule has 0 aromatic heterocycles. The van der Waals surface area contributed by atoms with Crippen LogP contribution in [0.15, 0.2) is 18.2 Å². The largest absolute Gasteiger partial charge is 0.350 e. The van der Waals surface area contributed by atoms with E-state index >= 15 is 0 Å². The first-order valence-corrected chi connectivity index (χ1v) is 9.59. The average molecular weight is 324 g/mol. The minimum absolute atomic E-state index is 0.0970. The first-order chi connectivity index (χ1) is 10.3. The van der Waals surface area contributed by atoms with Crippen LogP contribution in [0, 0.1) is 0 Å². The molecule has 6 heteroatoms. The highest BCUT2D eigenvalue weighted by molar-refractivity contribution is 7.92. The fourth-order valence-corrected chi connectivity index (χ4v) is 3.86. The zero-order valence-electron chi connectivity index (χ0n) is 13.4. The lowest BCUT2D eigenvalue weighted by Gasteiger charge is -2.29. The van der Waals surface area contributed by atoms with E-state index in [1.807, 2.05) is 13.0 Å². The molecule has 1 atom stereocenters. The Kier molecular flexibility index (Phi) is 5.11. The molecule has 5 nitrogen and oxygen atoms in total. The number of aryl methyl sites for hydroxylation is 1. The Hall–Kier alpha value is -1.56. The van der Waals surface area contributed by atoms with Crippen LogP contribution in [-0.2, 0) is 16.4 Å². The summed E-state index contributed by atoms with van der Waals surface area (Å²) in [6.45, 7) is 4.58. The molecule has 1 aliphatic heterocycles. The normalized spacial score (nSPS) is 16.0. The van der Waals surface area contributed by atoms with Crippen molar-refractivity contribution in [3.8, 4) is 0 Å². The highest BCUT2D eigenvalue weighted by Gasteiger charge is 2.24. The summed E-state index contributed by atoms with van der Waals surface area (Å²) >= 11 is 0. The van der Waals surface area contributed by atoms with Crippen LogP contribution in [0.2, 0.25) is 0 Å². The van der Waals surface area contributed by atoms with E-state index in [1.165, 1.54) is 10.6 Å². The Morgan fingerprint density at radius 1 is 1.41 bits per heavy atom. The van der Waals surface area contributed by atoms with Crippen LogP contribution in [0.5, 0.6) is 0 Å². The number of hydrogen-bond acceptors (Lipinski definition) is 3. The van der Waals surface area contributed by atoms with Crippen LogP contribution in [-0.4, -0.2) is 33.2 Å². The van der Waals surface area contributed by atoms with Crippen LogP contribution in [0.25, 0.3) is 0 Å². The van der Waals surface area contributed by atoms with E-state index in [9.17, 15) is 13.2 Å². The summed E-state index contributed by atoms with van der Waals surface area (Å²) in [5, 5.41) is 2.97. The summed E-state index contributed by atoms with van der Waals surface area (Å²) in [5.41, 5.74) is 2.22. The Morgan fingerprint density at radius 2 is 2.14 bits per heavy atom. The number of hydrogen-bond donors (Lipinski definition) is 1. The molecule has 0 unspecified atom stereocenters. The number of sulfonamides is 1. The van der Waals surface area contributed by atoms with Crippen molar-refractivity contribution in [3.05, 3.63) is 29.3 Å². The van der Waals surface area contributed by atoms with Gasteiger partial charge in [0.15, 0.2) is 0 Å². The van der Waals surface area contributed by atoms with Gasteiger partial charge in [0, 0.05) is 18.2 Å². The molecule has 22 heavy (non-hydrogen) atoms. The summed E-state index contributed by atoms with van der Waals surface area (Å²) in [6, 6.07) is 5.41. The Balaban J connectivity index is 2.23. The van der Waals surface area contributed by atoms with Gasteiger partial charge in [-0.15, -0.1) is 0 Å². The Morgan fingerprint density at radius 3 is 2.77 bits per heavy atom. The van der Waals surface area contributed by atoms with Crippen LogP contribution >= 0.6 is 0 Å². The van der Waals surface area contributed by atoms with E-state index in [0.717, 1.165) is 31.2 Å². The highest BCUT2D eigenvalue weighted by Crippen LogP contribution is 2.29. The SMILES string of the molecule is CCC[C@@H](C)NC(=O)c1ccc2c(c1)CCCN2S(C)(=O)=O. The molecular formula is C16H24N2O3S. The third kappa shape index (κ3) is 3.80. The summed E-state index contributed by atoms with van der Waals surface area (Å²) in [4.78, 5) is 12.3. The second-order valence-electron chi connectivity index (χ2n) is 5.95. The van der Waals surface area contributed by atoms with E-state index in [1.54, 1.807) is 12.1 Å². The number of nitrogens with one attached hydrogen (secondary N) is 1. The smallest absolute Gasteiger partial charge is 0.251 e. The van der Waals surface area contributed by atoms with Gasteiger partial charge >= 0.3 is 0 Å². The first kappa shape index (κ1) is 16.8. The van der Waals surface area contributed by atoms with Crippen LogP contribution in [0.1, 0.15) is 49.0 Å². The predicted molar refractivity (Wildman–Crippen MR) is 88.8 cm³/mol. The van der Waals surface area contributed by atoms with Crippen molar-refractivity contribution in [1.29, 1.82) is 0 Å². The molecule has 0 saturated heterocycles. The number of carbonyl (C=O) groups is 1. The van der Waals surface area contributed by atoms with Crippen molar-refractivity contribution in [3.63, 3.8) is 0 Å². The van der Waals surface area contributed by atoms with Gasteiger partial charge in [-0.3, -0.25) is 9.10 Å². The number of rotatable bonds is 5. The van der Waals surface area contributed by atoms with Gasteiger partial charge in [-0.25, -0.2) is 8.42 Å². The van der Waals surface area contributed by atoms with Gasteiger partial charge in [0.1, 0.15) is 0 Å². The topological polar surface area (TPSA) is 66.5 Å². The molecule has 1 heterocycles. The predicted octanol–water partition coefficient (Wildman–Crippen LogP) is 2.32. The number of nitrogens with zero attached hydrogens (tertiary/aromatic N) is 1. The summed E-state index contributed by atoms with van der Waals surface area (Å²) < 4.78 is 25.1. The monoisotopic (exact) mass is 324 g/mol. The van der Waals surface area contributed by atoms with E-state index < -0.39 is 10.0 Å². The van der Waals surface area contributed by atoms with Gasteiger partial charge in [0.25, 0.3) is 5.91 Å². The van der Waals surface area contributed by atoms with Gasteiger partial charge in [-0.2, -0.15) is 0 Å². The Bertz CT molecular complexity index is 655. The van der Waals surface area contributed by atoms with Gasteiger partial charge < -0.3 is 5.32 Å². The van der Waals surface area contributed by atoms with Crippen molar-refractivity contribution in [1.82, 2.24) is 5.32 Å². The molecule has 0 aliphatic carbocycles. The third-order valence-corrected chi connectivity index (χ3v) is 5.10. The summed E-state index contributed by atoms with van der Waals surface area (Å²) in [7, 11) is -3.27. The average Bonchev–Trinajstić information content (AvgIpc) is 2.45. The summed E-state index contributed by atoms with van der Waals surface area (Å²) in [5.74, 6) is -0.0970. The molecule has 1 aliphatic rings. The Labute approximate surface area is 132 Å². The maximum Gasteiger partial charge on any atom is 0.251 e. The van der Waals surface area contributed by atoms with Crippen molar-refractivity contribution in [2.75, 3.05) is 17.1 Å². The van der Waals surface area contributed by atoms with Crippen molar-refractivity contribution >= 4 is 21.6 Å². The fourth-order valence-electron chi connectivity index (χ4n) is 2.86. The fraction of sp³-hybridized carbons (Fsp3) is 0.562. The van der Waals surface area contributed by atoms with Crippen LogP contribution < -0.4 is 9.62 Å². The van der Waals surface area contributed by atoms with E-state index in [0.29, 0.717) is 17.8 Å². The molecular weight excluding hydrogens is 300 g/mol. The van der Waals surface area contributed by atoms with E-state index in [4.69, 9.17) is 0 Å². The molecule has 2 rings (SSSR count). The van der Waals surface area contributed by atoms with Gasteiger partial charge in [0.2, 0.25) is 10.0 Å². The lowest BCUT2D eigenvalue weighted by atomic mass is 10.0. The molecule has 0 saturated carbocycles. The number of amides is 1. The molecule has 1 N–H and O–H groups in total. The standard InChI is InChI=1S/C16H24N2O3S/c1-4-6-12(2)17-16(19)14-8-9-15-13(11-14)7-5-10-18(15)22(3,20)21/h8-9,11-12H,4-7,10H2,1-3H3,(H,17,19)/t12-/m1/s1. The molecule has 122 valence electrons. The van der Waals surface area contributed by atoms with Crippen molar-refractivity contribution < 1.29 is 13.2 Å². The van der Waals surface area contributed by atoms with Gasteiger partial charge in [-0.1, -0.05) is 13.3 Å². The van der Waals surface area contributed by atoms with Crippen molar-refractivity contribution in [2.24, 2.45) is 0 Å². The van der Waals surface area contributed by atoms with Crippen molar-refractivity contribution in [2.45, 2.75) is 45.6 Å². The minimum atomic E-state index is -3.27. The van der Waals surface area contributed by atoms with Crippen LogP contribution in [0.4, 0.5) is 5.69 Å². The van der Waals surface area contributed by atoms with Crippen LogP contribution in [0.3, 0.4) is 0 Å². The highest BCUT2D eigenvalue weighted by atomic mass is 32.2. The lowest BCUT2D eigenvalue weighted by molar-refractivity contribution is 0.0938. The molecule has 1 amide bonds. The number of anilines is 1. The zero-order valence-corrected chi connectivity index (χ0v) is 14.2. The molecule has 1 aromatic rings.